The molecule has 1 atom stereocenters. The Morgan fingerprint density at radius 2 is 2.33 bits per heavy atom. The summed E-state index contributed by atoms with van der Waals surface area (Å²) in [6.07, 6.45) is 0. The van der Waals surface area contributed by atoms with Crippen LogP contribution in [-0.4, -0.2) is 10.9 Å². The highest BCUT2D eigenvalue weighted by Crippen LogP contribution is 2.19. The Labute approximate surface area is 117 Å². The number of halogens is 1. The lowest BCUT2D eigenvalue weighted by Crippen LogP contribution is -2.13. The number of amides is 1. The van der Waals surface area contributed by atoms with Gasteiger partial charge < -0.3 is 11.1 Å². The Balaban J connectivity index is 2.12. The van der Waals surface area contributed by atoms with Crippen molar-refractivity contribution < 1.29 is 4.79 Å². The molecule has 0 saturated heterocycles. The van der Waals surface area contributed by atoms with Gasteiger partial charge in [-0.1, -0.05) is 22.0 Å². The van der Waals surface area contributed by atoms with Crippen molar-refractivity contribution >= 4 is 38.9 Å². The van der Waals surface area contributed by atoms with Crippen LogP contribution < -0.4 is 11.1 Å². The molecular formula is C12H12BrN3OS. The van der Waals surface area contributed by atoms with Crippen molar-refractivity contribution in [3.8, 4) is 0 Å². The molecule has 0 bridgehead atoms. The second-order valence-corrected chi connectivity index (χ2v) is 5.63. The molecule has 0 spiro atoms. The average Bonchev–Trinajstić information content (AvgIpc) is 2.78. The minimum atomic E-state index is -0.226. The summed E-state index contributed by atoms with van der Waals surface area (Å²) < 4.78 is 0.912. The standard InChI is InChI=1S/C12H12BrN3OS/c1-7(14)12-16-10(6-18-12)11(17)15-9-4-2-3-8(13)5-9/h2-7H,14H2,1H3,(H,15,17). The first kappa shape index (κ1) is 13.2. The van der Waals surface area contributed by atoms with Crippen molar-refractivity contribution in [1.29, 1.82) is 0 Å². The molecular weight excluding hydrogens is 314 g/mol. The molecule has 6 heteroatoms. The second-order valence-electron chi connectivity index (χ2n) is 3.82. The van der Waals surface area contributed by atoms with Gasteiger partial charge in [-0.3, -0.25) is 4.79 Å². The van der Waals surface area contributed by atoms with Crippen LogP contribution in [0.15, 0.2) is 34.1 Å². The van der Waals surface area contributed by atoms with E-state index in [1.165, 1.54) is 11.3 Å². The van der Waals surface area contributed by atoms with Gasteiger partial charge in [0.2, 0.25) is 0 Å². The van der Waals surface area contributed by atoms with E-state index in [2.05, 4.69) is 26.2 Å². The Morgan fingerprint density at radius 1 is 1.56 bits per heavy atom. The third-order valence-corrected chi connectivity index (χ3v) is 3.77. The average molecular weight is 326 g/mol. The maximum atomic E-state index is 11.9. The van der Waals surface area contributed by atoms with Crippen LogP contribution in [0.1, 0.15) is 28.5 Å². The monoisotopic (exact) mass is 325 g/mol. The van der Waals surface area contributed by atoms with Gasteiger partial charge in [0.15, 0.2) is 0 Å². The Morgan fingerprint density at radius 3 is 2.94 bits per heavy atom. The molecule has 0 aliphatic carbocycles. The van der Waals surface area contributed by atoms with E-state index in [1.54, 1.807) is 5.38 Å². The van der Waals surface area contributed by atoms with Gasteiger partial charge in [-0.2, -0.15) is 0 Å². The van der Waals surface area contributed by atoms with Crippen LogP contribution in [-0.2, 0) is 0 Å². The fraction of sp³-hybridized carbons (Fsp3) is 0.167. The van der Waals surface area contributed by atoms with Crippen molar-refractivity contribution in [2.24, 2.45) is 5.73 Å². The molecule has 1 amide bonds. The normalized spacial score (nSPS) is 12.2. The Bertz CT molecular complexity index is 568. The molecule has 4 nitrogen and oxygen atoms in total. The van der Waals surface area contributed by atoms with Gasteiger partial charge in [-0.25, -0.2) is 4.98 Å². The Kier molecular flexibility index (Phi) is 4.11. The summed E-state index contributed by atoms with van der Waals surface area (Å²) in [6, 6.07) is 7.25. The SMILES string of the molecule is CC(N)c1nc(C(=O)Nc2cccc(Br)c2)cs1. The second kappa shape index (κ2) is 5.60. The summed E-state index contributed by atoms with van der Waals surface area (Å²) in [5.41, 5.74) is 6.83. The summed E-state index contributed by atoms with van der Waals surface area (Å²) in [5, 5.41) is 5.26. The van der Waals surface area contributed by atoms with Crippen LogP contribution in [0, 0.1) is 0 Å². The predicted molar refractivity (Wildman–Crippen MR) is 76.8 cm³/mol. The molecule has 0 aliphatic heterocycles. The van der Waals surface area contributed by atoms with Gasteiger partial charge in [-0.05, 0) is 25.1 Å². The van der Waals surface area contributed by atoms with Crippen molar-refractivity contribution in [3.63, 3.8) is 0 Å². The summed E-state index contributed by atoms with van der Waals surface area (Å²) in [4.78, 5) is 16.1. The smallest absolute Gasteiger partial charge is 0.275 e. The predicted octanol–water partition coefficient (Wildman–Crippen LogP) is 3.18. The minimum Gasteiger partial charge on any atom is -0.322 e. The van der Waals surface area contributed by atoms with Crippen LogP contribution in [0.5, 0.6) is 0 Å². The number of carbonyl (C=O) groups excluding carboxylic acids is 1. The van der Waals surface area contributed by atoms with Gasteiger partial charge in [0, 0.05) is 15.5 Å². The lowest BCUT2D eigenvalue weighted by atomic mass is 10.3. The van der Waals surface area contributed by atoms with E-state index in [0.717, 1.165) is 15.2 Å². The number of nitrogens with two attached hydrogens (primary N) is 1. The lowest BCUT2D eigenvalue weighted by Gasteiger charge is -2.03. The molecule has 0 fully saturated rings. The van der Waals surface area contributed by atoms with Crippen LogP contribution in [0.3, 0.4) is 0 Å². The number of nitrogens with one attached hydrogen (secondary N) is 1. The third-order valence-electron chi connectivity index (χ3n) is 2.23. The summed E-state index contributed by atoms with van der Waals surface area (Å²) in [7, 11) is 0. The molecule has 1 unspecified atom stereocenters. The fourth-order valence-electron chi connectivity index (χ4n) is 1.36. The topological polar surface area (TPSA) is 68.0 Å². The van der Waals surface area contributed by atoms with E-state index in [0.29, 0.717) is 5.69 Å². The number of benzene rings is 1. The van der Waals surface area contributed by atoms with Crippen LogP contribution >= 0.6 is 27.3 Å². The molecule has 0 aliphatic rings. The highest BCUT2D eigenvalue weighted by atomic mass is 79.9. The quantitative estimate of drug-likeness (QED) is 0.910. The van der Waals surface area contributed by atoms with Crippen molar-refractivity contribution in [3.05, 3.63) is 44.8 Å². The van der Waals surface area contributed by atoms with Crippen molar-refractivity contribution in [2.45, 2.75) is 13.0 Å². The third kappa shape index (κ3) is 3.16. The van der Waals surface area contributed by atoms with E-state index >= 15 is 0 Å². The van der Waals surface area contributed by atoms with Gasteiger partial charge in [-0.15, -0.1) is 11.3 Å². The zero-order valence-electron chi connectivity index (χ0n) is 9.68. The number of nitrogens with zero attached hydrogens (tertiary/aromatic N) is 1. The summed E-state index contributed by atoms with van der Waals surface area (Å²) in [6.45, 7) is 1.84. The number of rotatable bonds is 3. The van der Waals surface area contributed by atoms with Crippen LogP contribution in [0.2, 0.25) is 0 Å². The summed E-state index contributed by atoms with van der Waals surface area (Å²) >= 11 is 4.74. The van der Waals surface area contributed by atoms with E-state index in [1.807, 2.05) is 31.2 Å². The van der Waals surface area contributed by atoms with Gasteiger partial charge >= 0.3 is 0 Å². The van der Waals surface area contributed by atoms with Crippen molar-refractivity contribution in [1.82, 2.24) is 4.98 Å². The van der Waals surface area contributed by atoms with E-state index in [-0.39, 0.29) is 11.9 Å². The minimum absolute atomic E-state index is 0.151. The first-order chi connectivity index (χ1) is 8.56. The van der Waals surface area contributed by atoms with Gasteiger partial charge in [0.1, 0.15) is 10.7 Å². The number of thiazole rings is 1. The molecule has 1 aromatic heterocycles. The Hall–Kier alpha value is -1.24. The molecule has 2 rings (SSSR count). The van der Waals surface area contributed by atoms with Crippen molar-refractivity contribution in [2.75, 3.05) is 5.32 Å². The molecule has 3 N–H and O–H groups in total. The maximum Gasteiger partial charge on any atom is 0.275 e. The van der Waals surface area contributed by atoms with Gasteiger partial charge in [0.25, 0.3) is 5.91 Å². The number of aromatic nitrogens is 1. The number of hydrogen-bond acceptors (Lipinski definition) is 4. The number of anilines is 1. The maximum absolute atomic E-state index is 11.9. The first-order valence-corrected chi connectivity index (χ1v) is 7.01. The van der Waals surface area contributed by atoms with Crippen LogP contribution in [0.25, 0.3) is 0 Å². The fourth-order valence-corrected chi connectivity index (χ4v) is 2.52. The summed E-state index contributed by atoms with van der Waals surface area (Å²) in [5.74, 6) is -0.226. The van der Waals surface area contributed by atoms with E-state index < -0.39 is 0 Å². The molecule has 0 radical (unpaired) electrons. The van der Waals surface area contributed by atoms with Gasteiger partial charge in [0.05, 0.1) is 6.04 Å². The van der Waals surface area contributed by atoms with E-state index in [4.69, 9.17) is 5.73 Å². The molecule has 18 heavy (non-hydrogen) atoms. The van der Waals surface area contributed by atoms with E-state index in [9.17, 15) is 4.79 Å². The number of hydrogen-bond donors (Lipinski definition) is 2. The highest BCUT2D eigenvalue weighted by Gasteiger charge is 2.12. The largest absolute Gasteiger partial charge is 0.322 e. The zero-order chi connectivity index (χ0) is 13.1. The molecule has 2 aromatic rings. The van der Waals surface area contributed by atoms with Crippen LogP contribution in [0.4, 0.5) is 5.69 Å². The number of carbonyl (C=O) groups is 1. The first-order valence-electron chi connectivity index (χ1n) is 5.34. The molecule has 0 saturated carbocycles. The molecule has 94 valence electrons. The lowest BCUT2D eigenvalue weighted by molar-refractivity contribution is 0.102. The highest BCUT2D eigenvalue weighted by molar-refractivity contribution is 9.10. The molecule has 1 aromatic carbocycles. The molecule has 1 heterocycles. The zero-order valence-corrected chi connectivity index (χ0v) is 12.1.